The maximum absolute atomic E-state index is 13.1. The summed E-state index contributed by atoms with van der Waals surface area (Å²) in [7, 11) is 1.74. The van der Waals surface area contributed by atoms with Gasteiger partial charge in [0.15, 0.2) is 0 Å². The fraction of sp³-hybridized carbons (Fsp3) is 0.533. The average Bonchev–Trinajstić information content (AvgIpc) is 2.50. The van der Waals surface area contributed by atoms with Crippen LogP contribution in [0.2, 0.25) is 0 Å². The van der Waals surface area contributed by atoms with Gasteiger partial charge in [-0.1, -0.05) is 12.1 Å². The predicted molar refractivity (Wildman–Crippen MR) is 78.5 cm³/mol. The van der Waals surface area contributed by atoms with Crippen molar-refractivity contribution in [3.05, 3.63) is 35.6 Å². The van der Waals surface area contributed by atoms with Crippen molar-refractivity contribution in [2.24, 2.45) is 0 Å². The molecule has 0 aliphatic carbocycles. The summed E-state index contributed by atoms with van der Waals surface area (Å²) in [6, 6.07) is 6.51. The molecule has 0 bridgehead atoms. The number of nitrogens with one attached hydrogen (secondary N) is 2. The van der Waals surface area contributed by atoms with E-state index in [9.17, 15) is 9.18 Å². The molecule has 1 aliphatic heterocycles. The Bertz CT molecular complexity index is 447. The maximum atomic E-state index is 13.1. The number of carbonyl (C=O) groups excluding carboxylic acids is 1. The number of hydrogen-bond donors (Lipinski definition) is 2. The molecular weight excluding hydrogens is 273 g/mol. The van der Waals surface area contributed by atoms with Crippen molar-refractivity contribution in [2.75, 3.05) is 46.4 Å². The third kappa shape index (κ3) is 4.77. The van der Waals surface area contributed by atoms with Gasteiger partial charge >= 0.3 is 0 Å². The van der Waals surface area contributed by atoms with E-state index in [0.717, 1.165) is 18.7 Å². The minimum Gasteiger partial charge on any atom is -0.379 e. The molecule has 6 heteroatoms. The lowest BCUT2D eigenvalue weighted by Gasteiger charge is -2.35. The molecular formula is C15H22FN3O2. The second kappa shape index (κ2) is 8.07. The Balaban J connectivity index is 2.05. The number of nitrogens with zero attached hydrogens (tertiary/aromatic N) is 1. The Hall–Kier alpha value is -1.50. The molecule has 2 N–H and O–H groups in total. The zero-order valence-electron chi connectivity index (χ0n) is 12.3. The molecule has 1 aromatic carbocycles. The van der Waals surface area contributed by atoms with Crippen LogP contribution in [-0.4, -0.2) is 57.2 Å². The van der Waals surface area contributed by atoms with E-state index in [1.54, 1.807) is 19.2 Å². The number of likely N-dealkylation sites (N-methyl/N-ethyl adjacent to an activating group) is 1. The molecule has 0 aromatic heterocycles. The van der Waals surface area contributed by atoms with Crippen LogP contribution in [-0.2, 0) is 9.53 Å². The standard InChI is InChI=1S/C15H22FN3O2/c1-17-11-15(20)18-10-14(19-6-8-21-9-7-19)12-2-4-13(16)5-3-12/h2-5,14,17H,6-11H2,1H3,(H,18,20). The Morgan fingerprint density at radius 1 is 1.33 bits per heavy atom. The second-order valence-corrected chi connectivity index (χ2v) is 5.05. The Morgan fingerprint density at radius 2 is 2.00 bits per heavy atom. The van der Waals surface area contributed by atoms with Crippen LogP contribution >= 0.6 is 0 Å². The van der Waals surface area contributed by atoms with Gasteiger partial charge in [0.05, 0.1) is 25.8 Å². The monoisotopic (exact) mass is 295 g/mol. The first kappa shape index (κ1) is 15.9. The highest BCUT2D eigenvalue weighted by Gasteiger charge is 2.23. The summed E-state index contributed by atoms with van der Waals surface area (Å²) in [4.78, 5) is 13.9. The van der Waals surface area contributed by atoms with E-state index in [2.05, 4.69) is 15.5 Å². The van der Waals surface area contributed by atoms with Gasteiger partial charge in [0.25, 0.3) is 0 Å². The lowest BCUT2D eigenvalue weighted by molar-refractivity contribution is -0.120. The van der Waals surface area contributed by atoms with Gasteiger partial charge < -0.3 is 15.4 Å². The summed E-state index contributed by atoms with van der Waals surface area (Å²) >= 11 is 0. The highest BCUT2D eigenvalue weighted by molar-refractivity contribution is 5.77. The number of ether oxygens (including phenoxy) is 1. The summed E-state index contributed by atoms with van der Waals surface area (Å²) in [6.45, 7) is 3.78. The number of rotatable bonds is 6. The fourth-order valence-electron chi connectivity index (χ4n) is 2.47. The Labute approximate surface area is 124 Å². The lowest BCUT2D eigenvalue weighted by Crippen LogP contribution is -2.44. The Morgan fingerprint density at radius 3 is 2.62 bits per heavy atom. The van der Waals surface area contributed by atoms with Gasteiger partial charge in [-0.3, -0.25) is 9.69 Å². The van der Waals surface area contributed by atoms with Crippen LogP contribution in [0.4, 0.5) is 4.39 Å². The van der Waals surface area contributed by atoms with Crippen LogP contribution in [0.15, 0.2) is 24.3 Å². The second-order valence-electron chi connectivity index (χ2n) is 5.05. The Kier molecular flexibility index (Phi) is 6.10. The van der Waals surface area contributed by atoms with E-state index in [-0.39, 0.29) is 17.8 Å². The molecule has 1 fully saturated rings. The molecule has 1 aromatic rings. The van der Waals surface area contributed by atoms with E-state index < -0.39 is 0 Å². The van der Waals surface area contributed by atoms with E-state index in [1.165, 1.54) is 12.1 Å². The minimum atomic E-state index is -0.251. The van der Waals surface area contributed by atoms with Crippen LogP contribution < -0.4 is 10.6 Å². The molecule has 0 saturated carbocycles. The van der Waals surface area contributed by atoms with Crippen molar-refractivity contribution in [2.45, 2.75) is 6.04 Å². The summed E-state index contributed by atoms with van der Waals surface area (Å²) in [5, 5.41) is 5.74. The first-order chi connectivity index (χ1) is 10.2. The van der Waals surface area contributed by atoms with Crippen LogP contribution in [0.5, 0.6) is 0 Å². The number of halogens is 1. The summed E-state index contributed by atoms with van der Waals surface area (Å²) in [5.74, 6) is -0.295. The molecule has 1 heterocycles. The van der Waals surface area contributed by atoms with Gasteiger partial charge in [0.2, 0.25) is 5.91 Å². The number of hydrogen-bond acceptors (Lipinski definition) is 4. The van der Waals surface area contributed by atoms with Crippen molar-refractivity contribution in [1.29, 1.82) is 0 Å². The van der Waals surface area contributed by atoms with Crippen LogP contribution in [0, 0.1) is 5.82 Å². The van der Waals surface area contributed by atoms with E-state index >= 15 is 0 Å². The van der Waals surface area contributed by atoms with Crippen LogP contribution in [0.1, 0.15) is 11.6 Å². The molecule has 1 saturated heterocycles. The largest absolute Gasteiger partial charge is 0.379 e. The summed E-state index contributed by atoms with van der Waals surface area (Å²) in [5.41, 5.74) is 1.00. The molecule has 1 amide bonds. The molecule has 1 aliphatic rings. The molecule has 1 unspecified atom stereocenters. The van der Waals surface area contributed by atoms with Gasteiger partial charge in [-0.25, -0.2) is 4.39 Å². The highest BCUT2D eigenvalue weighted by Crippen LogP contribution is 2.21. The molecule has 1 atom stereocenters. The molecule has 21 heavy (non-hydrogen) atoms. The smallest absolute Gasteiger partial charge is 0.234 e. The summed E-state index contributed by atoms with van der Waals surface area (Å²) < 4.78 is 18.5. The minimum absolute atomic E-state index is 0.0373. The normalized spacial score (nSPS) is 17.4. The SMILES string of the molecule is CNCC(=O)NCC(c1ccc(F)cc1)N1CCOCC1. The summed E-state index contributed by atoms with van der Waals surface area (Å²) in [6.07, 6.45) is 0. The zero-order valence-corrected chi connectivity index (χ0v) is 12.3. The maximum Gasteiger partial charge on any atom is 0.234 e. The first-order valence-electron chi connectivity index (χ1n) is 7.19. The molecule has 5 nitrogen and oxygen atoms in total. The fourth-order valence-corrected chi connectivity index (χ4v) is 2.47. The van der Waals surface area contributed by atoms with Crippen LogP contribution in [0.3, 0.4) is 0 Å². The lowest BCUT2D eigenvalue weighted by atomic mass is 10.0. The van der Waals surface area contributed by atoms with Crippen molar-refractivity contribution >= 4 is 5.91 Å². The van der Waals surface area contributed by atoms with Gasteiger partial charge in [-0.15, -0.1) is 0 Å². The molecule has 0 spiro atoms. The number of benzene rings is 1. The molecule has 0 radical (unpaired) electrons. The number of carbonyl (C=O) groups is 1. The zero-order chi connectivity index (χ0) is 15.1. The number of morpholine rings is 1. The predicted octanol–water partition coefficient (Wildman–Crippen LogP) is 0.535. The van der Waals surface area contributed by atoms with Gasteiger partial charge in [-0.05, 0) is 24.7 Å². The van der Waals surface area contributed by atoms with E-state index in [1.807, 2.05) is 0 Å². The first-order valence-corrected chi connectivity index (χ1v) is 7.19. The third-order valence-electron chi connectivity index (χ3n) is 3.57. The van der Waals surface area contributed by atoms with Crippen molar-refractivity contribution in [3.8, 4) is 0 Å². The molecule has 2 rings (SSSR count). The van der Waals surface area contributed by atoms with Gasteiger partial charge in [0, 0.05) is 19.6 Å². The van der Waals surface area contributed by atoms with Crippen molar-refractivity contribution in [1.82, 2.24) is 15.5 Å². The third-order valence-corrected chi connectivity index (χ3v) is 3.57. The highest BCUT2D eigenvalue weighted by atomic mass is 19.1. The van der Waals surface area contributed by atoms with Gasteiger partial charge in [-0.2, -0.15) is 0 Å². The van der Waals surface area contributed by atoms with Crippen LogP contribution in [0.25, 0.3) is 0 Å². The van der Waals surface area contributed by atoms with Crippen molar-refractivity contribution in [3.63, 3.8) is 0 Å². The average molecular weight is 295 g/mol. The topological polar surface area (TPSA) is 53.6 Å². The van der Waals surface area contributed by atoms with Gasteiger partial charge in [0.1, 0.15) is 5.82 Å². The van der Waals surface area contributed by atoms with Crippen molar-refractivity contribution < 1.29 is 13.9 Å². The quantitative estimate of drug-likeness (QED) is 0.804. The van der Waals surface area contributed by atoms with E-state index in [4.69, 9.17) is 4.74 Å². The van der Waals surface area contributed by atoms with E-state index in [0.29, 0.717) is 26.3 Å². The number of amides is 1. The molecule has 116 valence electrons.